The van der Waals surface area contributed by atoms with Crippen LogP contribution in [0.1, 0.15) is 12.0 Å². The van der Waals surface area contributed by atoms with Gasteiger partial charge in [-0.3, -0.25) is 4.79 Å². The molecule has 0 atom stereocenters. The number of nitrogens with zero attached hydrogens (tertiary/aromatic N) is 1. The lowest BCUT2D eigenvalue weighted by molar-refractivity contribution is -0.130. The molecule has 16 heavy (non-hydrogen) atoms. The van der Waals surface area contributed by atoms with Gasteiger partial charge in [-0.05, 0) is 17.7 Å². The van der Waals surface area contributed by atoms with Crippen molar-refractivity contribution < 1.29 is 9.18 Å². The zero-order valence-electron chi connectivity index (χ0n) is 9.15. The number of carbonyl (C=O) groups is 1. The highest BCUT2D eigenvalue weighted by molar-refractivity contribution is 5.85. The van der Waals surface area contributed by atoms with Crippen molar-refractivity contribution in [3.63, 3.8) is 0 Å². The van der Waals surface area contributed by atoms with Crippen molar-refractivity contribution in [1.82, 2.24) is 4.90 Å². The summed E-state index contributed by atoms with van der Waals surface area (Å²) in [6.07, 6.45) is 0.325. The molecule has 0 aliphatic rings. The zero-order chi connectivity index (χ0) is 11.3. The normalized spacial score (nSPS) is 9.44. The van der Waals surface area contributed by atoms with Crippen LogP contribution in [0.25, 0.3) is 0 Å². The van der Waals surface area contributed by atoms with Crippen molar-refractivity contribution in [2.24, 2.45) is 5.73 Å². The summed E-state index contributed by atoms with van der Waals surface area (Å²) in [6.45, 7) is 0.753. The molecule has 0 unspecified atom stereocenters. The van der Waals surface area contributed by atoms with E-state index in [1.807, 2.05) is 0 Å². The first-order chi connectivity index (χ1) is 7.13. The van der Waals surface area contributed by atoms with E-state index in [0.717, 1.165) is 5.56 Å². The Morgan fingerprint density at radius 3 is 2.75 bits per heavy atom. The van der Waals surface area contributed by atoms with Crippen LogP contribution in [-0.2, 0) is 11.3 Å². The van der Waals surface area contributed by atoms with Crippen molar-refractivity contribution in [3.05, 3.63) is 35.6 Å². The van der Waals surface area contributed by atoms with E-state index in [-0.39, 0.29) is 24.1 Å². The average molecular weight is 247 g/mol. The molecule has 1 rings (SSSR count). The third-order valence-electron chi connectivity index (χ3n) is 2.09. The summed E-state index contributed by atoms with van der Waals surface area (Å²) >= 11 is 0. The van der Waals surface area contributed by atoms with Crippen LogP contribution >= 0.6 is 12.4 Å². The summed E-state index contributed by atoms with van der Waals surface area (Å²) in [5.74, 6) is -0.311. The lowest BCUT2D eigenvalue weighted by Crippen LogP contribution is -2.27. The molecular weight excluding hydrogens is 231 g/mol. The molecule has 0 saturated heterocycles. The number of rotatable bonds is 4. The van der Waals surface area contributed by atoms with Crippen LogP contribution in [0, 0.1) is 5.82 Å². The average Bonchev–Trinajstić information content (AvgIpc) is 2.18. The molecule has 0 saturated carbocycles. The van der Waals surface area contributed by atoms with Crippen LogP contribution in [0.5, 0.6) is 0 Å². The fraction of sp³-hybridized carbons (Fsp3) is 0.364. The molecule has 0 fully saturated rings. The maximum Gasteiger partial charge on any atom is 0.223 e. The number of nitrogens with two attached hydrogens (primary N) is 1. The third-order valence-corrected chi connectivity index (χ3v) is 2.09. The van der Waals surface area contributed by atoms with Crippen LogP contribution in [0.15, 0.2) is 24.3 Å². The van der Waals surface area contributed by atoms with Gasteiger partial charge in [-0.1, -0.05) is 12.1 Å². The lowest BCUT2D eigenvalue weighted by atomic mass is 10.2. The van der Waals surface area contributed by atoms with Gasteiger partial charge in [0.05, 0.1) is 0 Å². The molecule has 90 valence electrons. The van der Waals surface area contributed by atoms with Crippen molar-refractivity contribution in [3.8, 4) is 0 Å². The van der Waals surface area contributed by atoms with E-state index < -0.39 is 0 Å². The lowest BCUT2D eigenvalue weighted by Gasteiger charge is -2.16. The Morgan fingerprint density at radius 1 is 1.50 bits per heavy atom. The van der Waals surface area contributed by atoms with Gasteiger partial charge in [0.2, 0.25) is 5.91 Å². The van der Waals surface area contributed by atoms with Gasteiger partial charge in [-0.2, -0.15) is 0 Å². The van der Waals surface area contributed by atoms with E-state index in [1.165, 1.54) is 12.1 Å². The second kappa shape index (κ2) is 7.19. The second-order valence-electron chi connectivity index (χ2n) is 3.42. The molecule has 0 aliphatic heterocycles. The predicted octanol–water partition coefficient (Wildman–Crippen LogP) is 1.55. The largest absolute Gasteiger partial charge is 0.341 e. The third kappa shape index (κ3) is 4.59. The zero-order valence-corrected chi connectivity index (χ0v) is 9.97. The fourth-order valence-electron chi connectivity index (χ4n) is 1.31. The Balaban J connectivity index is 0.00000225. The van der Waals surface area contributed by atoms with Crippen molar-refractivity contribution >= 4 is 18.3 Å². The highest BCUT2D eigenvalue weighted by Gasteiger charge is 2.07. The van der Waals surface area contributed by atoms with E-state index in [0.29, 0.717) is 19.5 Å². The van der Waals surface area contributed by atoms with Crippen molar-refractivity contribution in [1.29, 1.82) is 0 Å². The first-order valence-corrected chi connectivity index (χ1v) is 4.82. The van der Waals surface area contributed by atoms with Crippen LogP contribution in [0.3, 0.4) is 0 Å². The van der Waals surface area contributed by atoms with E-state index >= 15 is 0 Å². The van der Waals surface area contributed by atoms with E-state index in [2.05, 4.69) is 0 Å². The van der Waals surface area contributed by atoms with Gasteiger partial charge in [-0.25, -0.2) is 4.39 Å². The maximum absolute atomic E-state index is 12.8. The van der Waals surface area contributed by atoms with E-state index in [9.17, 15) is 9.18 Å². The molecule has 5 heteroatoms. The van der Waals surface area contributed by atoms with Gasteiger partial charge in [0.15, 0.2) is 0 Å². The van der Waals surface area contributed by atoms with Crippen molar-refractivity contribution in [2.45, 2.75) is 13.0 Å². The van der Waals surface area contributed by atoms with Crippen LogP contribution in [0.2, 0.25) is 0 Å². The van der Waals surface area contributed by atoms with E-state index in [1.54, 1.807) is 24.1 Å². The topological polar surface area (TPSA) is 46.3 Å². The first-order valence-electron chi connectivity index (χ1n) is 4.82. The number of halogens is 2. The summed E-state index contributed by atoms with van der Waals surface area (Å²) in [5.41, 5.74) is 6.06. The van der Waals surface area contributed by atoms with E-state index in [4.69, 9.17) is 5.73 Å². The summed E-state index contributed by atoms with van der Waals surface area (Å²) in [7, 11) is 1.68. The van der Waals surface area contributed by atoms with Crippen LogP contribution < -0.4 is 5.73 Å². The molecule has 0 heterocycles. The van der Waals surface area contributed by atoms with Gasteiger partial charge < -0.3 is 10.6 Å². The Morgan fingerprint density at radius 2 is 2.19 bits per heavy atom. The molecule has 1 amide bonds. The Bertz CT molecular complexity index is 347. The monoisotopic (exact) mass is 246 g/mol. The predicted molar refractivity (Wildman–Crippen MR) is 63.8 cm³/mol. The summed E-state index contributed by atoms with van der Waals surface area (Å²) in [6, 6.07) is 6.22. The highest BCUT2D eigenvalue weighted by Crippen LogP contribution is 2.06. The Kier molecular flexibility index (Phi) is 6.69. The van der Waals surface area contributed by atoms with Gasteiger partial charge in [0.25, 0.3) is 0 Å². The number of hydrogen-bond acceptors (Lipinski definition) is 2. The molecule has 0 bridgehead atoms. The second-order valence-corrected chi connectivity index (χ2v) is 3.42. The summed E-state index contributed by atoms with van der Waals surface area (Å²) < 4.78 is 12.8. The Hall–Kier alpha value is -1.13. The van der Waals surface area contributed by atoms with Gasteiger partial charge >= 0.3 is 0 Å². The number of benzene rings is 1. The smallest absolute Gasteiger partial charge is 0.223 e. The Labute approximate surface area is 101 Å². The van der Waals surface area contributed by atoms with Gasteiger partial charge in [-0.15, -0.1) is 12.4 Å². The summed E-state index contributed by atoms with van der Waals surface area (Å²) in [4.78, 5) is 12.9. The van der Waals surface area contributed by atoms with Crippen LogP contribution in [0.4, 0.5) is 4.39 Å². The van der Waals surface area contributed by atoms with Crippen LogP contribution in [-0.4, -0.2) is 24.4 Å². The molecule has 0 aromatic heterocycles. The standard InChI is InChI=1S/C11H15FN2O.ClH/c1-14(11(15)5-6-13)8-9-3-2-4-10(12)7-9;/h2-4,7H,5-6,8,13H2,1H3;1H. The van der Waals surface area contributed by atoms with Crippen molar-refractivity contribution in [2.75, 3.05) is 13.6 Å². The number of amides is 1. The molecule has 0 aliphatic carbocycles. The molecule has 1 aromatic rings. The summed E-state index contributed by atoms with van der Waals surface area (Å²) in [5, 5.41) is 0. The number of hydrogen-bond donors (Lipinski definition) is 1. The maximum atomic E-state index is 12.8. The highest BCUT2D eigenvalue weighted by atomic mass is 35.5. The molecule has 0 radical (unpaired) electrons. The SMILES string of the molecule is CN(Cc1cccc(F)c1)C(=O)CCN.Cl. The molecular formula is C11H16ClFN2O. The first kappa shape index (κ1) is 14.9. The minimum atomic E-state index is -0.285. The number of carbonyl (C=O) groups excluding carboxylic acids is 1. The quantitative estimate of drug-likeness (QED) is 0.876. The fourth-order valence-corrected chi connectivity index (χ4v) is 1.31. The van der Waals surface area contributed by atoms with Gasteiger partial charge in [0, 0.05) is 26.6 Å². The molecule has 2 N–H and O–H groups in total. The minimum Gasteiger partial charge on any atom is -0.341 e. The molecule has 0 spiro atoms. The minimum absolute atomic E-state index is 0. The molecule has 1 aromatic carbocycles. The van der Waals surface area contributed by atoms with Gasteiger partial charge in [0.1, 0.15) is 5.82 Å². The molecule has 3 nitrogen and oxygen atoms in total.